The van der Waals surface area contributed by atoms with Crippen LogP contribution in [0.2, 0.25) is 5.02 Å². The summed E-state index contributed by atoms with van der Waals surface area (Å²) in [5.41, 5.74) is 2.73. The molecule has 0 bridgehead atoms. The Balaban J connectivity index is 1.67. The Kier molecular flexibility index (Phi) is 8.82. The van der Waals surface area contributed by atoms with Crippen LogP contribution in [0.5, 0.6) is 11.5 Å². The van der Waals surface area contributed by atoms with Crippen molar-refractivity contribution in [2.45, 2.75) is 27.2 Å². The fourth-order valence-electron chi connectivity index (χ4n) is 2.48. The zero-order valence-corrected chi connectivity index (χ0v) is 17.6. The van der Waals surface area contributed by atoms with Gasteiger partial charge in [-0.15, -0.1) is 11.8 Å². The number of carbonyl (C=O) groups excluding carboxylic acids is 1. The van der Waals surface area contributed by atoms with E-state index in [4.69, 9.17) is 21.1 Å². The molecule has 0 aliphatic carbocycles. The van der Waals surface area contributed by atoms with Crippen molar-refractivity contribution < 1.29 is 14.3 Å². The van der Waals surface area contributed by atoms with Gasteiger partial charge >= 0.3 is 0 Å². The van der Waals surface area contributed by atoms with Gasteiger partial charge in [0.1, 0.15) is 11.5 Å². The van der Waals surface area contributed by atoms with Gasteiger partial charge < -0.3 is 14.8 Å². The zero-order valence-electron chi connectivity index (χ0n) is 16.0. The predicted octanol–water partition coefficient (Wildman–Crippen LogP) is 5.50. The van der Waals surface area contributed by atoms with Crippen LogP contribution >= 0.6 is 23.4 Å². The third kappa shape index (κ3) is 7.35. The van der Waals surface area contributed by atoms with E-state index < -0.39 is 0 Å². The minimum absolute atomic E-state index is 0.0636. The van der Waals surface area contributed by atoms with Gasteiger partial charge in [0.15, 0.2) is 0 Å². The number of nitrogens with one attached hydrogen (secondary N) is 1. The number of halogens is 1. The maximum absolute atomic E-state index is 12.1. The second-order valence-corrected chi connectivity index (χ2v) is 7.72. The van der Waals surface area contributed by atoms with Crippen molar-refractivity contribution in [1.82, 2.24) is 0 Å². The van der Waals surface area contributed by atoms with E-state index >= 15 is 0 Å². The lowest BCUT2D eigenvalue weighted by Crippen LogP contribution is -2.16. The molecule has 27 heavy (non-hydrogen) atoms. The summed E-state index contributed by atoms with van der Waals surface area (Å²) in [6.45, 7) is 7.25. The number of carbonyl (C=O) groups is 1. The first-order valence-electron chi connectivity index (χ1n) is 8.99. The van der Waals surface area contributed by atoms with Gasteiger partial charge in [-0.25, -0.2) is 0 Å². The number of aryl methyl sites for hydroxylation is 2. The number of hydrogen-bond donors (Lipinski definition) is 1. The molecule has 0 aliphatic heterocycles. The lowest BCUT2D eigenvalue weighted by atomic mass is 10.1. The summed E-state index contributed by atoms with van der Waals surface area (Å²) in [6.07, 6.45) is 0.985. The molecule has 6 heteroatoms. The second-order valence-electron chi connectivity index (χ2n) is 6.21. The van der Waals surface area contributed by atoms with Crippen molar-refractivity contribution in [3.63, 3.8) is 0 Å². The normalized spacial score (nSPS) is 10.5. The number of hydrogen-bond acceptors (Lipinski definition) is 4. The molecule has 0 atom stereocenters. The fraction of sp³-hybridized carbons (Fsp3) is 0.381. The number of thioether (sulfide) groups is 1. The molecule has 1 amide bonds. The largest absolute Gasteiger partial charge is 0.494 e. The summed E-state index contributed by atoms with van der Waals surface area (Å²) in [4.78, 5) is 12.1. The molecule has 2 aromatic rings. The van der Waals surface area contributed by atoms with Gasteiger partial charge in [0.25, 0.3) is 0 Å². The van der Waals surface area contributed by atoms with Gasteiger partial charge in [-0.2, -0.15) is 0 Å². The Morgan fingerprint density at radius 3 is 2.30 bits per heavy atom. The quantitative estimate of drug-likeness (QED) is 0.528. The first-order chi connectivity index (χ1) is 13.0. The molecule has 2 rings (SSSR count). The molecule has 0 saturated carbocycles. The highest BCUT2D eigenvalue weighted by Gasteiger charge is 2.09. The molecule has 0 aliphatic rings. The van der Waals surface area contributed by atoms with Gasteiger partial charge in [0, 0.05) is 5.75 Å². The van der Waals surface area contributed by atoms with Crippen LogP contribution in [-0.4, -0.2) is 30.6 Å². The van der Waals surface area contributed by atoms with Gasteiger partial charge in [-0.3, -0.25) is 4.79 Å². The monoisotopic (exact) mass is 407 g/mol. The van der Waals surface area contributed by atoms with E-state index in [-0.39, 0.29) is 5.91 Å². The highest BCUT2D eigenvalue weighted by atomic mass is 35.5. The lowest BCUT2D eigenvalue weighted by Gasteiger charge is -2.11. The van der Waals surface area contributed by atoms with Gasteiger partial charge in [-0.05, 0) is 61.7 Å². The molecule has 0 heterocycles. The number of rotatable bonds is 10. The lowest BCUT2D eigenvalue weighted by molar-refractivity contribution is -0.113. The molecule has 0 aromatic heterocycles. The fourth-order valence-corrected chi connectivity index (χ4v) is 3.46. The van der Waals surface area contributed by atoms with Crippen molar-refractivity contribution in [3.05, 3.63) is 52.5 Å². The topological polar surface area (TPSA) is 47.6 Å². The third-order valence-electron chi connectivity index (χ3n) is 3.72. The Labute approximate surface area is 170 Å². The maximum atomic E-state index is 12.1. The van der Waals surface area contributed by atoms with Crippen molar-refractivity contribution >= 4 is 35.0 Å². The molecule has 0 radical (unpaired) electrons. The van der Waals surface area contributed by atoms with Gasteiger partial charge in [0.05, 0.1) is 29.7 Å². The average Bonchev–Trinajstić information content (AvgIpc) is 2.63. The smallest absolute Gasteiger partial charge is 0.234 e. The van der Waals surface area contributed by atoms with E-state index in [1.165, 1.54) is 11.8 Å². The second kappa shape index (κ2) is 11.1. The van der Waals surface area contributed by atoms with Crippen LogP contribution in [-0.2, 0) is 4.79 Å². The zero-order chi connectivity index (χ0) is 19.6. The van der Waals surface area contributed by atoms with Crippen LogP contribution in [0.1, 0.15) is 24.5 Å². The molecule has 0 fully saturated rings. The Hall–Kier alpha value is -1.85. The van der Waals surface area contributed by atoms with E-state index in [1.807, 2.05) is 50.2 Å². The van der Waals surface area contributed by atoms with Crippen LogP contribution in [0.4, 0.5) is 5.69 Å². The van der Waals surface area contributed by atoms with Crippen LogP contribution in [0.15, 0.2) is 36.4 Å². The SMILES string of the molecule is CCCOc1ccc(OCCSCC(=O)Nc2c(C)cc(C)cc2Cl)cc1. The molecule has 1 N–H and O–H groups in total. The summed E-state index contributed by atoms with van der Waals surface area (Å²) >= 11 is 7.74. The minimum atomic E-state index is -0.0636. The molecule has 146 valence electrons. The number of benzene rings is 2. The van der Waals surface area contributed by atoms with Crippen LogP contribution in [0, 0.1) is 13.8 Å². The van der Waals surface area contributed by atoms with E-state index in [1.54, 1.807) is 0 Å². The van der Waals surface area contributed by atoms with E-state index in [9.17, 15) is 4.79 Å². The van der Waals surface area contributed by atoms with Crippen LogP contribution in [0.25, 0.3) is 0 Å². The van der Waals surface area contributed by atoms with Crippen LogP contribution in [0.3, 0.4) is 0 Å². The van der Waals surface area contributed by atoms with Crippen molar-refractivity contribution in [2.75, 3.05) is 30.0 Å². The summed E-state index contributed by atoms with van der Waals surface area (Å²) < 4.78 is 11.2. The van der Waals surface area contributed by atoms with Crippen molar-refractivity contribution in [2.24, 2.45) is 0 Å². The van der Waals surface area contributed by atoms with Crippen molar-refractivity contribution in [1.29, 1.82) is 0 Å². The van der Waals surface area contributed by atoms with E-state index in [0.717, 1.165) is 34.8 Å². The number of anilines is 1. The first kappa shape index (κ1) is 21.5. The first-order valence-corrected chi connectivity index (χ1v) is 10.5. The summed E-state index contributed by atoms with van der Waals surface area (Å²) in [5, 5.41) is 3.46. The summed E-state index contributed by atoms with van der Waals surface area (Å²) in [6, 6.07) is 11.4. The highest BCUT2D eigenvalue weighted by molar-refractivity contribution is 7.99. The molecule has 0 spiro atoms. The van der Waals surface area contributed by atoms with Crippen LogP contribution < -0.4 is 14.8 Å². The average molecular weight is 408 g/mol. The van der Waals surface area contributed by atoms with E-state index in [0.29, 0.717) is 29.7 Å². The third-order valence-corrected chi connectivity index (χ3v) is 4.94. The van der Waals surface area contributed by atoms with Crippen molar-refractivity contribution in [3.8, 4) is 11.5 Å². The molecule has 0 saturated heterocycles. The Bertz CT molecular complexity index is 727. The molecule has 2 aromatic carbocycles. The number of ether oxygens (including phenoxy) is 2. The molecule has 4 nitrogen and oxygen atoms in total. The van der Waals surface area contributed by atoms with E-state index in [2.05, 4.69) is 12.2 Å². The minimum Gasteiger partial charge on any atom is -0.494 e. The van der Waals surface area contributed by atoms with Gasteiger partial charge in [0.2, 0.25) is 5.91 Å². The maximum Gasteiger partial charge on any atom is 0.234 e. The summed E-state index contributed by atoms with van der Waals surface area (Å²) in [7, 11) is 0. The standard InChI is InChI=1S/C21H26ClNO3S/c1-4-9-25-17-5-7-18(8-6-17)26-10-11-27-14-20(24)23-21-16(3)12-15(2)13-19(21)22/h5-8,12-13H,4,9-11,14H2,1-3H3,(H,23,24). The highest BCUT2D eigenvalue weighted by Crippen LogP contribution is 2.27. The Morgan fingerprint density at radius 2 is 1.70 bits per heavy atom. The van der Waals surface area contributed by atoms with Gasteiger partial charge in [-0.1, -0.05) is 24.6 Å². The molecule has 0 unspecified atom stereocenters. The molecular formula is C21H26ClNO3S. The number of amides is 1. The predicted molar refractivity (Wildman–Crippen MR) is 115 cm³/mol. The molecular weight excluding hydrogens is 382 g/mol. The Morgan fingerprint density at radius 1 is 1.07 bits per heavy atom. The summed E-state index contributed by atoms with van der Waals surface area (Å²) in [5.74, 6) is 2.66.